The number of rotatable bonds is 3. The maximum Gasteiger partial charge on any atom is 0.111 e. The van der Waals surface area contributed by atoms with E-state index in [0.29, 0.717) is 18.0 Å². The van der Waals surface area contributed by atoms with Crippen molar-refractivity contribution < 1.29 is 0 Å². The van der Waals surface area contributed by atoms with Crippen molar-refractivity contribution >= 4 is 0 Å². The van der Waals surface area contributed by atoms with Crippen LogP contribution in [0.3, 0.4) is 0 Å². The number of hydrogen-bond donors (Lipinski definition) is 1. The first-order valence-corrected chi connectivity index (χ1v) is 7.00. The summed E-state index contributed by atoms with van der Waals surface area (Å²) in [5.41, 5.74) is 2.88. The summed E-state index contributed by atoms with van der Waals surface area (Å²) in [7, 11) is 2.05. The lowest BCUT2D eigenvalue weighted by molar-refractivity contribution is 0.387. The van der Waals surface area contributed by atoms with Crippen molar-refractivity contribution in [3.8, 4) is 0 Å². The summed E-state index contributed by atoms with van der Waals surface area (Å²) in [6.45, 7) is 4.41. The fourth-order valence-electron chi connectivity index (χ4n) is 3.23. The minimum atomic E-state index is 0.378. The van der Waals surface area contributed by atoms with Crippen molar-refractivity contribution in [3.05, 3.63) is 53.6 Å². The summed E-state index contributed by atoms with van der Waals surface area (Å²) >= 11 is 0. The molecular weight excluding hydrogens is 234 g/mol. The molecule has 19 heavy (non-hydrogen) atoms. The molecule has 1 aliphatic rings. The molecule has 1 aromatic carbocycles. The second-order valence-electron chi connectivity index (χ2n) is 5.58. The Morgan fingerprint density at radius 3 is 2.84 bits per heavy atom. The van der Waals surface area contributed by atoms with Gasteiger partial charge in [0.05, 0.1) is 12.1 Å². The van der Waals surface area contributed by atoms with Crippen LogP contribution >= 0.6 is 0 Å². The van der Waals surface area contributed by atoms with Crippen LogP contribution in [0, 0.1) is 0 Å². The number of hydrogen-bond acceptors (Lipinski definition) is 2. The molecule has 2 atom stereocenters. The molecule has 1 aliphatic carbocycles. The van der Waals surface area contributed by atoms with Gasteiger partial charge in [-0.2, -0.15) is 0 Å². The third-order valence-corrected chi connectivity index (χ3v) is 4.09. The lowest BCUT2D eigenvalue weighted by atomic mass is 10.1. The van der Waals surface area contributed by atoms with Crippen LogP contribution in [-0.2, 0) is 6.42 Å². The number of nitrogens with zero attached hydrogens (tertiary/aromatic N) is 2. The molecule has 0 saturated heterocycles. The fraction of sp³-hybridized carbons (Fsp3) is 0.438. The maximum absolute atomic E-state index is 4.53. The third-order valence-electron chi connectivity index (χ3n) is 4.09. The van der Waals surface area contributed by atoms with Gasteiger partial charge in [-0.3, -0.25) is 0 Å². The van der Waals surface area contributed by atoms with E-state index in [9.17, 15) is 0 Å². The average Bonchev–Trinajstić information content (AvgIpc) is 3.02. The number of fused-ring (bicyclic) bond motifs is 1. The summed E-state index contributed by atoms with van der Waals surface area (Å²) in [5, 5.41) is 3.48. The Hall–Kier alpha value is -1.61. The first kappa shape index (κ1) is 12.4. The normalized spacial score (nSPS) is 21.9. The van der Waals surface area contributed by atoms with Crippen molar-refractivity contribution in [3.63, 3.8) is 0 Å². The maximum atomic E-state index is 4.53. The van der Waals surface area contributed by atoms with Crippen molar-refractivity contribution in [2.45, 2.75) is 38.3 Å². The van der Waals surface area contributed by atoms with E-state index >= 15 is 0 Å². The van der Waals surface area contributed by atoms with Gasteiger partial charge in [-0.05, 0) is 24.6 Å². The Morgan fingerprint density at radius 1 is 1.32 bits per heavy atom. The van der Waals surface area contributed by atoms with Crippen molar-refractivity contribution in [1.82, 2.24) is 14.9 Å². The van der Waals surface area contributed by atoms with Crippen LogP contribution in [0.15, 0.2) is 36.7 Å². The first-order valence-electron chi connectivity index (χ1n) is 7.00. The number of benzene rings is 1. The van der Waals surface area contributed by atoms with Gasteiger partial charge in [-0.15, -0.1) is 0 Å². The van der Waals surface area contributed by atoms with E-state index < -0.39 is 0 Å². The molecule has 100 valence electrons. The number of nitrogens with one attached hydrogen (secondary N) is 1. The highest BCUT2D eigenvalue weighted by atomic mass is 15.1. The zero-order valence-electron chi connectivity index (χ0n) is 11.8. The number of imidazole rings is 1. The molecule has 0 bridgehead atoms. The molecule has 0 saturated carbocycles. The van der Waals surface area contributed by atoms with E-state index in [2.05, 4.69) is 59.2 Å². The topological polar surface area (TPSA) is 29.9 Å². The standard InChI is InChI=1S/C16H21N3/c1-11(2)16-18-8-9-19(16)14-10-12-6-4-5-7-13(12)15(14)17-3/h4-9,11,14-15,17H,10H2,1-3H3. The van der Waals surface area contributed by atoms with E-state index in [1.165, 1.54) is 17.0 Å². The zero-order valence-corrected chi connectivity index (χ0v) is 11.8. The second kappa shape index (κ2) is 4.82. The second-order valence-corrected chi connectivity index (χ2v) is 5.58. The van der Waals surface area contributed by atoms with E-state index in [1.807, 2.05) is 13.2 Å². The quantitative estimate of drug-likeness (QED) is 0.913. The van der Waals surface area contributed by atoms with Gasteiger partial charge in [0.1, 0.15) is 5.82 Å². The van der Waals surface area contributed by atoms with Crippen LogP contribution < -0.4 is 5.32 Å². The Kier molecular flexibility index (Phi) is 3.15. The molecule has 1 aromatic heterocycles. The molecule has 2 unspecified atom stereocenters. The molecule has 0 spiro atoms. The Morgan fingerprint density at radius 2 is 2.11 bits per heavy atom. The molecular formula is C16H21N3. The number of aromatic nitrogens is 2. The minimum absolute atomic E-state index is 0.378. The van der Waals surface area contributed by atoms with Gasteiger partial charge in [-0.25, -0.2) is 4.98 Å². The Balaban J connectivity index is 2.01. The van der Waals surface area contributed by atoms with E-state index in [1.54, 1.807) is 0 Å². The molecule has 0 amide bonds. The molecule has 3 rings (SSSR count). The van der Waals surface area contributed by atoms with Gasteiger partial charge in [0.15, 0.2) is 0 Å². The highest BCUT2D eigenvalue weighted by Gasteiger charge is 2.33. The van der Waals surface area contributed by atoms with Crippen LogP contribution in [0.1, 0.15) is 48.8 Å². The summed E-state index contributed by atoms with van der Waals surface area (Å²) in [6, 6.07) is 9.55. The smallest absolute Gasteiger partial charge is 0.111 e. The van der Waals surface area contributed by atoms with Gasteiger partial charge in [0.2, 0.25) is 0 Å². The van der Waals surface area contributed by atoms with Crippen molar-refractivity contribution in [2.75, 3.05) is 7.05 Å². The summed E-state index contributed by atoms with van der Waals surface area (Å²) in [6.07, 6.45) is 5.12. The lowest BCUT2D eigenvalue weighted by Gasteiger charge is -2.24. The van der Waals surface area contributed by atoms with E-state index in [4.69, 9.17) is 0 Å². The van der Waals surface area contributed by atoms with Gasteiger partial charge in [0.25, 0.3) is 0 Å². The van der Waals surface area contributed by atoms with Crippen molar-refractivity contribution in [2.24, 2.45) is 0 Å². The zero-order chi connectivity index (χ0) is 13.4. The predicted octanol–water partition coefficient (Wildman–Crippen LogP) is 3.06. The molecule has 1 N–H and O–H groups in total. The van der Waals surface area contributed by atoms with Crippen LogP contribution in [-0.4, -0.2) is 16.6 Å². The van der Waals surface area contributed by atoms with Crippen LogP contribution in [0.4, 0.5) is 0 Å². The summed E-state index contributed by atoms with van der Waals surface area (Å²) < 4.78 is 2.35. The summed E-state index contributed by atoms with van der Waals surface area (Å²) in [4.78, 5) is 4.53. The molecule has 0 aliphatic heterocycles. The van der Waals surface area contributed by atoms with Crippen LogP contribution in [0.2, 0.25) is 0 Å². The molecule has 0 radical (unpaired) electrons. The van der Waals surface area contributed by atoms with Gasteiger partial charge in [0, 0.05) is 18.3 Å². The molecule has 0 fully saturated rings. The summed E-state index contributed by atoms with van der Waals surface area (Å²) in [5.74, 6) is 1.63. The van der Waals surface area contributed by atoms with Crippen LogP contribution in [0.25, 0.3) is 0 Å². The number of likely N-dealkylation sites (N-methyl/N-ethyl adjacent to an activating group) is 1. The molecule has 2 aromatic rings. The Bertz CT molecular complexity index is 571. The van der Waals surface area contributed by atoms with Crippen molar-refractivity contribution in [1.29, 1.82) is 0 Å². The predicted molar refractivity (Wildman–Crippen MR) is 77.3 cm³/mol. The SMILES string of the molecule is CNC1c2ccccc2CC1n1ccnc1C(C)C. The first-order chi connectivity index (χ1) is 9.22. The minimum Gasteiger partial charge on any atom is -0.329 e. The van der Waals surface area contributed by atoms with Gasteiger partial charge in [-0.1, -0.05) is 38.1 Å². The van der Waals surface area contributed by atoms with Gasteiger partial charge >= 0.3 is 0 Å². The molecule has 1 heterocycles. The highest BCUT2D eigenvalue weighted by molar-refractivity contribution is 5.37. The van der Waals surface area contributed by atoms with E-state index in [0.717, 1.165) is 6.42 Å². The van der Waals surface area contributed by atoms with Gasteiger partial charge < -0.3 is 9.88 Å². The lowest BCUT2D eigenvalue weighted by Crippen LogP contribution is -2.25. The highest BCUT2D eigenvalue weighted by Crippen LogP contribution is 2.40. The largest absolute Gasteiger partial charge is 0.329 e. The van der Waals surface area contributed by atoms with Crippen LogP contribution in [0.5, 0.6) is 0 Å². The fourth-order valence-corrected chi connectivity index (χ4v) is 3.23. The van der Waals surface area contributed by atoms with E-state index in [-0.39, 0.29) is 0 Å². The average molecular weight is 255 g/mol. The molecule has 3 nitrogen and oxygen atoms in total. The Labute approximate surface area is 114 Å². The monoisotopic (exact) mass is 255 g/mol. The third kappa shape index (κ3) is 1.98. The molecule has 3 heteroatoms.